The highest BCUT2D eigenvalue weighted by Gasteiger charge is 2.20. The van der Waals surface area contributed by atoms with Crippen LogP contribution in [0.3, 0.4) is 0 Å². The van der Waals surface area contributed by atoms with Crippen molar-refractivity contribution in [2.45, 2.75) is 11.8 Å². The zero-order chi connectivity index (χ0) is 25.3. The molecular weight excluding hydrogens is 478 g/mol. The second kappa shape index (κ2) is 9.23. The molecule has 0 aliphatic rings. The average Bonchev–Trinajstić information content (AvgIpc) is 3.30. The minimum atomic E-state index is -3.56. The summed E-state index contributed by atoms with van der Waals surface area (Å²) >= 11 is 0. The molecule has 10 heteroatoms. The number of benzene rings is 1. The van der Waals surface area contributed by atoms with Crippen molar-refractivity contribution in [3.8, 4) is 22.8 Å². The van der Waals surface area contributed by atoms with Gasteiger partial charge in [0.2, 0.25) is 0 Å². The molecule has 5 rings (SSSR count). The molecule has 0 fully saturated rings. The first-order valence-corrected chi connectivity index (χ1v) is 12.8. The Morgan fingerprint density at radius 3 is 2.50 bits per heavy atom. The summed E-state index contributed by atoms with van der Waals surface area (Å²) < 4.78 is 31.8. The molecule has 36 heavy (non-hydrogen) atoms. The van der Waals surface area contributed by atoms with Crippen LogP contribution >= 0.6 is 0 Å². The predicted molar refractivity (Wildman–Crippen MR) is 135 cm³/mol. The lowest BCUT2D eigenvalue weighted by Gasteiger charge is -2.12. The van der Waals surface area contributed by atoms with E-state index in [1.54, 1.807) is 24.3 Å². The zero-order valence-corrected chi connectivity index (χ0v) is 20.2. The zero-order valence-electron chi connectivity index (χ0n) is 19.4. The van der Waals surface area contributed by atoms with E-state index in [2.05, 4.69) is 15.3 Å². The molecule has 0 atom stereocenters. The maximum absolute atomic E-state index is 13.1. The monoisotopic (exact) mass is 499 g/mol. The van der Waals surface area contributed by atoms with Crippen molar-refractivity contribution in [2.24, 2.45) is 0 Å². The Bertz CT molecular complexity index is 1680. The molecule has 0 radical (unpaired) electrons. The Morgan fingerprint density at radius 2 is 1.81 bits per heavy atom. The SMILES string of the molecule is Cc1cccn2cc(-c3ccc(NC(=O)c4ncc(S(C)(=O)=O)cc4Oc4ccncc4)cc3)nc12. The second-order valence-electron chi connectivity index (χ2n) is 8.15. The molecule has 0 saturated carbocycles. The summed E-state index contributed by atoms with van der Waals surface area (Å²) in [6.07, 6.45) is 9.14. The van der Waals surface area contributed by atoms with Crippen molar-refractivity contribution in [1.82, 2.24) is 19.4 Å². The maximum Gasteiger partial charge on any atom is 0.278 e. The van der Waals surface area contributed by atoms with Crippen LogP contribution in [0.4, 0.5) is 5.69 Å². The molecule has 0 unspecified atom stereocenters. The van der Waals surface area contributed by atoms with Crippen molar-refractivity contribution < 1.29 is 17.9 Å². The lowest BCUT2D eigenvalue weighted by atomic mass is 10.1. The number of aryl methyl sites for hydroxylation is 1. The normalized spacial score (nSPS) is 11.4. The number of fused-ring (bicyclic) bond motifs is 1. The van der Waals surface area contributed by atoms with Crippen LogP contribution in [0.1, 0.15) is 16.1 Å². The molecule has 4 aromatic heterocycles. The van der Waals surface area contributed by atoms with Gasteiger partial charge in [0.1, 0.15) is 11.4 Å². The first kappa shape index (κ1) is 23.2. The van der Waals surface area contributed by atoms with E-state index in [9.17, 15) is 13.2 Å². The van der Waals surface area contributed by atoms with E-state index in [0.717, 1.165) is 34.9 Å². The largest absolute Gasteiger partial charge is 0.455 e. The van der Waals surface area contributed by atoms with E-state index in [0.29, 0.717) is 11.4 Å². The number of hydrogen-bond acceptors (Lipinski definition) is 7. The molecule has 180 valence electrons. The van der Waals surface area contributed by atoms with Gasteiger partial charge in [-0.3, -0.25) is 9.78 Å². The summed E-state index contributed by atoms with van der Waals surface area (Å²) in [7, 11) is -3.56. The molecule has 0 aliphatic carbocycles. The Balaban J connectivity index is 1.41. The highest BCUT2D eigenvalue weighted by molar-refractivity contribution is 7.90. The number of pyridine rings is 3. The van der Waals surface area contributed by atoms with Gasteiger partial charge in [0, 0.05) is 54.6 Å². The third kappa shape index (κ3) is 4.80. The van der Waals surface area contributed by atoms with E-state index in [1.807, 2.05) is 48.0 Å². The van der Waals surface area contributed by atoms with Crippen LogP contribution in [0.5, 0.6) is 11.5 Å². The molecule has 5 aromatic rings. The van der Waals surface area contributed by atoms with Crippen molar-refractivity contribution in [2.75, 3.05) is 11.6 Å². The molecule has 1 N–H and O–H groups in total. The quantitative estimate of drug-likeness (QED) is 0.364. The lowest BCUT2D eigenvalue weighted by molar-refractivity contribution is 0.101. The van der Waals surface area contributed by atoms with E-state index < -0.39 is 15.7 Å². The molecule has 0 aliphatic heterocycles. The van der Waals surface area contributed by atoms with Gasteiger partial charge in [-0.25, -0.2) is 18.4 Å². The van der Waals surface area contributed by atoms with Gasteiger partial charge in [0.05, 0.1) is 10.6 Å². The van der Waals surface area contributed by atoms with E-state index in [4.69, 9.17) is 9.72 Å². The number of imidazole rings is 1. The Kier molecular flexibility index (Phi) is 5.95. The first-order valence-electron chi connectivity index (χ1n) is 10.9. The summed E-state index contributed by atoms with van der Waals surface area (Å²) in [4.78, 5) is 25.7. The van der Waals surface area contributed by atoms with Crippen molar-refractivity contribution in [3.63, 3.8) is 0 Å². The van der Waals surface area contributed by atoms with Crippen LogP contribution in [0.25, 0.3) is 16.9 Å². The summed E-state index contributed by atoms with van der Waals surface area (Å²) in [5.41, 5.74) is 4.15. The number of carbonyl (C=O) groups is 1. The molecule has 1 aromatic carbocycles. The lowest BCUT2D eigenvalue weighted by Crippen LogP contribution is -2.15. The molecule has 4 heterocycles. The van der Waals surface area contributed by atoms with Gasteiger partial charge in [-0.1, -0.05) is 18.2 Å². The standard InChI is InChI=1S/C26H21N5O4S/c1-17-4-3-13-31-16-22(30-25(17)31)18-5-7-19(8-6-18)29-26(32)24-23(35-20-9-11-27-12-10-20)14-21(15-28-24)36(2,33)34/h3-16H,1-2H3,(H,29,32). The molecule has 9 nitrogen and oxygen atoms in total. The van der Waals surface area contributed by atoms with Crippen molar-refractivity contribution >= 4 is 27.1 Å². The average molecular weight is 500 g/mol. The van der Waals surface area contributed by atoms with Gasteiger partial charge in [0.15, 0.2) is 21.3 Å². The van der Waals surface area contributed by atoms with Crippen molar-refractivity contribution in [3.05, 3.63) is 96.8 Å². The van der Waals surface area contributed by atoms with Crippen LogP contribution in [0, 0.1) is 6.92 Å². The fraction of sp³-hybridized carbons (Fsp3) is 0.0769. The van der Waals surface area contributed by atoms with Crippen molar-refractivity contribution in [1.29, 1.82) is 0 Å². The fourth-order valence-electron chi connectivity index (χ4n) is 3.62. The van der Waals surface area contributed by atoms with E-state index >= 15 is 0 Å². The molecule has 0 spiro atoms. The third-order valence-corrected chi connectivity index (χ3v) is 6.54. The molecule has 0 bridgehead atoms. The predicted octanol–water partition coefficient (Wildman–Crippen LogP) is 4.55. The fourth-order valence-corrected chi connectivity index (χ4v) is 4.18. The third-order valence-electron chi connectivity index (χ3n) is 5.46. The maximum atomic E-state index is 13.1. The van der Waals surface area contributed by atoms with Gasteiger partial charge in [0.25, 0.3) is 5.91 Å². The van der Waals surface area contributed by atoms with Gasteiger partial charge in [-0.15, -0.1) is 0 Å². The second-order valence-corrected chi connectivity index (χ2v) is 10.2. The number of aromatic nitrogens is 4. The summed E-state index contributed by atoms with van der Waals surface area (Å²) in [5, 5.41) is 2.79. The topological polar surface area (TPSA) is 116 Å². The summed E-state index contributed by atoms with van der Waals surface area (Å²) in [5.74, 6) is -0.146. The number of hydrogen-bond donors (Lipinski definition) is 1. The minimum Gasteiger partial charge on any atom is -0.455 e. The smallest absolute Gasteiger partial charge is 0.278 e. The van der Waals surface area contributed by atoms with E-state index in [-0.39, 0.29) is 16.3 Å². The number of rotatable bonds is 6. The van der Waals surface area contributed by atoms with Gasteiger partial charge in [-0.05, 0) is 42.8 Å². The van der Waals surface area contributed by atoms with Crippen LogP contribution in [0.15, 0.2) is 90.5 Å². The van der Waals surface area contributed by atoms with Crippen LogP contribution in [0.2, 0.25) is 0 Å². The Hall–Kier alpha value is -4.57. The summed E-state index contributed by atoms with van der Waals surface area (Å²) in [6.45, 7) is 2.01. The van der Waals surface area contributed by atoms with Crippen LogP contribution in [-0.2, 0) is 9.84 Å². The van der Waals surface area contributed by atoms with Crippen LogP contribution in [-0.4, -0.2) is 39.9 Å². The number of amides is 1. The van der Waals surface area contributed by atoms with E-state index in [1.165, 1.54) is 18.5 Å². The molecule has 0 saturated heterocycles. The Labute approximate surface area is 207 Å². The number of carbonyl (C=O) groups excluding carboxylic acids is 1. The number of nitrogens with one attached hydrogen (secondary N) is 1. The van der Waals surface area contributed by atoms with Crippen LogP contribution < -0.4 is 10.1 Å². The minimum absolute atomic E-state index is 0.0123. The highest BCUT2D eigenvalue weighted by Crippen LogP contribution is 2.28. The van der Waals surface area contributed by atoms with Gasteiger partial charge < -0.3 is 14.5 Å². The Morgan fingerprint density at radius 1 is 1.06 bits per heavy atom. The first-order chi connectivity index (χ1) is 17.3. The highest BCUT2D eigenvalue weighted by atomic mass is 32.2. The summed E-state index contributed by atoms with van der Waals surface area (Å²) in [6, 6.07) is 15.7. The number of ether oxygens (including phenoxy) is 1. The number of sulfone groups is 1. The van der Waals surface area contributed by atoms with Gasteiger partial charge >= 0.3 is 0 Å². The number of anilines is 1. The molecular formula is C26H21N5O4S. The molecule has 1 amide bonds. The number of nitrogens with zero attached hydrogens (tertiary/aromatic N) is 4. The van der Waals surface area contributed by atoms with Gasteiger partial charge in [-0.2, -0.15) is 0 Å².